The minimum atomic E-state index is 0.575. The van der Waals surface area contributed by atoms with Gasteiger partial charge in [-0.25, -0.2) is 0 Å². The van der Waals surface area contributed by atoms with Gasteiger partial charge in [-0.2, -0.15) is 4.98 Å². The fourth-order valence-corrected chi connectivity index (χ4v) is 2.30. The summed E-state index contributed by atoms with van der Waals surface area (Å²) in [5.74, 6) is 2.15. The number of hydrogen-bond donors (Lipinski definition) is 2. The van der Waals surface area contributed by atoms with Gasteiger partial charge in [-0.05, 0) is 30.5 Å². The molecular weight excluding hydrogens is 302 g/mol. The molecule has 0 aliphatic heterocycles. The maximum atomic E-state index is 5.35. The number of aromatic nitrogens is 2. The number of guanidine groups is 1. The van der Waals surface area contributed by atoms with Crippen molar-refractivity contribution in [1.29, 1.82) is 0 Å². The van der Waals surface area contributed by atoms with Gasteiger partial charge in [0.15, 0.2) is 11.8 Å². The monoisotopic (exact) mass is 329 g/mol. The Bertz CT molecular complexity index is 650. The molecule has 1 aromatic carbocycles. The molecule has 0 atom stereocenters. The molecule has 0 aliphatic carbocycles. The highest BCUT2D eigenvalue weighted by Crippen LogP contribution is 2.18. The average molecular weight is 329 g/mol. The van der Waals surface area contributed by atoms with Gasteiger partial charge < -0.3 is 15.2 Å². The molecule has 0 fully saturated rings. The zero-order chi connectivity index (χ0) is 17.2. The summed E-state index contributed by atoms with van der Waals surface area (Å²) in [5, 5.41) is 10.6. The summed E-state index contributed by atoms with van der Waals surface area (Å²) in [6, 6.07) is 8.12. The number of unbranched alkanes of at least 4 members (excludes halogenated alkanes) is 1. The van der Waals surface area contributed by atoms with Crippen LogP contribution < -0.4 is 10.6 Å². The van der Waals surface area contributed by atoms with Gasteiger partial charge in [-0.15, -0.1) is 0 Å². The van der Waals surface area contributed by atoms with Crippen LogP contribution in [-0.4, -0.2) is 29.7 Å². The molecule has 0 amide bonds. The van der Waals surface area contributed by atoms with Crippen LogP contribution in [0.25, 0.3) is 11.5 Å². The van der Waals surface area contributed by atoms with Crippen molar-refractivity contribution in [3.63, 3.8) is 0 Å². The number of aryl methyl sites for hydroxylation is 1. The van der Waals surface area contributed by atoms with Crippen LogP contribution in [0.3, 0.4) is 0 Å². The summed E-state index contributed by atoms with van der Waals surface area (Å²) < 4.78 is 5.35. The van der Waals surface area contributed by atoms with Gasteiger partial charge >= 0.3 is 0 Å². The van der Waals surface area contributed by atoms with Crippen LogP contribution in [0.1, 0.15) is 44.5 Å². The van der Waals surface area contributed by atoms with E-state index in [-0.39, 0.29) is 0 Å². The molecule has 2 N–H and O–H groups in total. The van der Waals surface area contributed by atoms with E-state index in [0.29, 0.717) is 12.4 Å². The third kappa shape index (κ3) is 5.37. The smallest absolute Gasteiger partial charge is 0.257 e. The SMILES string of the molecule is CCCCNC(=NC)NCc1cccc(-c2nc(CCC)no2)c1. The molecule has 0 spiro atoms. The van der Waals surface area contributed by atoms with Crippen molar-refractivity contribution in [2.75, 3.05) is 13.6 Å². The van der Waals surface area contributed by atoms with Crippen LogP contribution in [0, 0.1) is 0 Å². The lowest BCUT2D eigenvalue weighted by atomic mass is 10.1. The Morgan fingerprint density at radius 2 is 2.08 bits per heavy atom. The highest BCUT2D eigenvalue weighted by Gasteiger charge is 2.09. The van der Waals surface area contributed by atoms with Crippen LogP contribution in [0.15, 0.2) is 33.8 Å². The van der Waals surface area contributed by atoms with Crippen LogP contribution in [0.4, 0.5) is 0 Å². The van der Waals surface area contributed by atoms with E-state index < -0.39 is 0 Å². The summed E-state index contributed by atoms with van der Waals surface area (Å²) in [7, 11) is 1.78. The van der Waals surface area contributed by atoms with Crippen LogP contribution in [-0.2, 0) is 13.0 Å². The van der Waals surface area contributed by atoms with E-state index in [1.165, 1.54) is 0 Å². The molecule has 1 heterocycles. The lowest BCUT2D eigenvalue weighted by Gasteiger charge is -2.11. The molecule has 6 heteroatoms. The second kappa shape index (κ2) is 9.70. The van der Waals surface area contributed by atoms with Gasteiger partial charge in [0.05, 0.1) is 0 Å². The van der Waals surface area contributed by atoms with Crippen molar-refractivity contribution in [1.82, 2.24) is 20.8 Å². The first-order valence-electron chi connectivity index (χ1n) is 8.63. The Morgan fingerprint density at radius 3 is 2.83 bits per heavy atom. The molecule has 0 unspecified atom stereocenters. The molecule has 2 rings (SSSR count). The van der Waals surface area contributed by atoms with E-state index in [4.69, 9.17) is 4.52 Å². The average Bonchev–Trinajstić information content (AvgIpc) is 3.07. The molecule has 0 saturated heterocycles. The van der Waals surface area contributed by atoms with E-state index in [2.05, 4.69) is 51.7 Å². The van der Waals surface area contributed by atoms with Crippen molar-refractivity contribution in [3.05, 3.63) is 35.7 Å². The third-order valence-electron chi connectivity index (χ3n) is 3.62. The second-order valence-electron chi connectivity index (χ2n) is 5.67. The number of benzene rings is 1. The van der Waals surface area contributed by atoms with Crippen LogP contribution in [0.5, 0.6) is 0 Å². The lowest BCUT2D eigenvalue weighted by molar-refractivity contribution is 0.422. The van der Waals surface area contributed by atoms with Gasteiger partial charge in [0, 0.05) is 32.1 Å². The third-order valence-corrected chi connectivity index (χ3v) is 3.62. The van der Waals surface area contributed by atoms with E-state index in [0.717, 1.165) is 55.1 Å². The zero-order valence-electron chi connectivity index (χ0n) is 14.8. The second-order valence-corrected chi connectivity index (χ2v) is 5.67. The minimum Gasteiger partial charge on any atom is -0.356 e. The predicted molar refractivity (Wildman–Crippen MR) is 96.8 cm³/mol. The number of aliphatic imine (C=N–C) groups is 1. The van der Waals surface area contributed by atoms with E-state index >= 15 is 0 Å². The number of nitrogens with one attached hydrogen (secondary N) is 2. The van der Waals surface area contributed by atoms with E-state index in [1.807, 2.05) is 12.1 Å². The van der Waals surface area contributed by atoms with Crippen molar-refractivity contribution < 1.29 is 4.52 Å². The molecule has 6 nitrogen and oxygen atoms in total. The molecule has 0 saturated carbocycles. The fourth-order valence-electron chi connectivity index (χ4n) is 2.30. The van der Waals surface area contributed by atoms with E-state index in [9.17, 15) is 0 Å². The maximum Gasteiger partial charge on any atom is 0.257 e. The summed E-state index contributed by atoms with van der Waals surface area (Å²) >= 11 is 0. The summed E-state index contributed by atoms with van der Waals surface area (Å²) in [6.45, 7) is 5.89. The molecule has 130 valence electrons. The first-order valence-corrected chi connectivity index (χ1v) is 8.63. The van der Waals surface area contributed by atoms with Gasteiger partial charge in [0.2, 0.25) is 0 Å². The Balaban J connectivity index is 1.96. The Labute approximate surface area is 143 Å². The summed E-state index contributed by atoms with van der Waals surface area (Å²) in [6.07, 6.45) is 4.14. The van der Waals surface area contributed by atoms with Crippen molar-refractivity contribution in [2.45, 2.75) is 46.1 Å². The highest BCUT2D eigenvalue weighted by atomic mass is 16.5. The minimum absolute atomic E-state index is 0.575. The Morgan fingerprint density at radius 1 is 1.21 bits per heavy atom. The number of hydrogen-bond acceptors (Lipinski definition) is 4. The van der Waals surface area contributed by atoms with E-state index in [1.54, 1.807) is 7.05 Å². The Kier molecular flexibility index (Phi) is 7.26. The maximum absolute atomic E-state index is 5.35. The quantitative estimate of drug-likeness (QED) is 0.442. The molecule has 0 aliphatic rings. The van der Waals surface area contributed by atoms with Crippen molar-refractivity contribution in [3.8, 4) is 11.5 Å². The Hall–Kier alpha value is -2.37. The summed E-state index contributed by atoms with van der Waals surface area (Å²) in [4.78, 5) is 8.67. The van der Waals surface area contributed by atoms with Gasteiger partial charge in [-0.3, -0.25) is 4.99 Å². The highest BCUT2D eigenvalue weighted by molar-refractivity contribution is 5.79. The number of nitrogens with zero attached hydrogens (tertiary/aromatic N) is 3. The van der Waals surface area contributed by atoms with Crippen molar-refractivity contribution in [2.24, 2.45) is 4.99 Å². The molecule has 0 radical (unpaired) electrons. The first kappa shape index (κ1) is 18.0. The molecule has 24 heavy (non-hydrogen) atoms. The fraction of sp³-hybridized carbons (Fsp3) is 0.500. The molecule has 1 aromatic heterocycles. The van der Waals surface area contributed by atoms with Gasteiger partial charge in [0.1, 0.15) is 0 Å². The van der Waals surface area contributed by atoms with Gasteiger partial charge in [0.25, 0.3) is 5.89 Å². The standard InChI is InChI=1S/C18H27N5O/c1-4-6-11-20-18(19-3)21-13-14-9-7-10-15(12-14)17-22-16(8-5-2)23-24-17/h7,9-10,12H,4-6,8,11,13H2,1-3H3,(H2,19,20,21). The number of rotatable bonds is 8. The molecule has 2 aromatic rings. The van der Waals surface area contributed by atoms with Gasteiger partial charge in [-0.1, -0.05) is 37.6 Å². The first-order chi connectivity index (χ1) is 11.8. The molecule has 0 bridgehead atoms. The topological polar surface area (TPSA) is 75.3 Å². The zero-order valence-corrected chi connectivity index (χ0v) is 14.8. The summed E-state index contributed by atoms with van der Waals surface area (Å²) in [5.41, 5.74) is 2.08. The normalized spacial score (nSPS) is 11.5. The van der Waals surface area contributed by atoms with Crippen molar-refractivity contribution >= 4 is 5.96 Å². The predicted octanol–water partition coefficient (Wildman–Crippen LogP) is 3.15. The lowest BCUT2D eigenvalue weighted by Crippen LogP contribution is -2.37. The largest absolute Gasteiger partial charge is 0.356 e. The van der Waals surface area contributed by atoms with Crippen LogP contribution >= 0.6 is 0 Å². The molecular formula is C18H27N5O. The van der Waals surface area contributed by atoms with Crippen LogP contribution in [0.2, 0.25) is 0 Å².